The smallest absolute Gasteiger partial charge is 0.241 e. The standard InChI is InChI=1S/C23H28N4O/c1-18(23(28)25-21-11-8-9-19(15-21)16-24)26(2)17-20-10-4-5-12-22(20)27-13-6-3-7-14-27/h4-5,8-12,15,18H,3,6-7,13-14,17H2,1-2H3,(H,25,28)/t18-/m0/s1. The van der Waals surface area contributed by atoms with E-state index in [1.807, 2.05) is 14.0 Å². The van der Waals surface area contributed by atoms with Gasteiger partial charge in [0.1, 0.15) is 0 Å². The van der Waals surface area contributed by atoms with Gasteiger partial charge in [-0.25, -0.2) is 0 Å². The number of para-hydroxylation sites is 1. The fourth-order valence-electron chi connectivity index (χ4n) is 3.61. The molecule has 1 aliphatic rings. The average Bonchev–Trinajstić information content (AvgIpc) is 2.74. The van der Waals surface area contributed by atoms with Gasteiger partial charge in [0.25, 0.3) is 0 Å². The van der Waals surface area contributed by atoms with Crippen molar-refractivity contribution in [3.63, 3.8) is 0 Å². The van der Waals surface area contributed by atoms with Crippen LogP contribution in [-0.2, 0) is 11.3 Å². The number of nitrogens with zero attached hydrogens (tertiary/aromatic N) is 3. The maximum atomic E-state index is 12.7. The fraction of sp³-hybridized carbons (Fsp3) is 0.391. The summed E-state index contributed by atoms with van der Waals surface area (Å²) < 4.78 is 0. The van der Waals surface area contributed by atoms with E-state index in [1.54, 1.807) is 24.3 Å². The molecule has 1 heterocycles. The number of nitrogens with one attached hydrogen (secondary N) is 1. The van der Waals surface area contributed by atoms with Crippen LogP contribution in [0, 0.1) is 11.3 Å². The van der Waals surface area contributed by atoms with Crippen LogP contribution in [0.4, 0.5) is 11.4 Å². The second-order valence-electron chi connectivity index (χ2n) is 7.45. The van der Waals surface area contributed by atoms with Crippen molar-refractivity contribution in [2.24, 2.45) is 0 Å². The van der Waals surface area contributed by atoms with Gasteiger partial charge in [0.2, 0.25) is 5.91 Å². The largest absolute Gasteiger partial charge is 0.371 e. The van der Waals surface area contributed by atoms with Crippen molar-refractivity contribution in [3.8, 4) is 6.07 Å². The van der Waals surface area contributed by atoms with Gasteiger partial charge >= 0.3 is 0 Å². The zero-order valence-corrected chi connectivity index (χ0v) is 16.7. The van der Waals surface area contributed by atoms with Crippen LogP contribution in [0.25, 0.3) is 0 Å². The summed E-state index contributed by atoms with van der Waals surface area (Å²) in [4.78, 5) is 17.2. The van der Waals surface area contributed by atoms with Crippen LogP contribution >= 0.6 is 0 Å². The Balaban J connectivity index is 1.66. The van der Waals surface area contributed by atoms with Gasteiger partial charge in [-0.3, -0.25) is 9.69 Å². The Morgan fingerprint density at radius 3 is 2.68 bits per heavy atom. The average molecular weight is 377 g/mol. The molecule has 0 saturated carbocycles. The highest BCUT2D eigenvalue weighted by atomic mass is 16.2. The molecule has 0 aromatic heterocycles. The van der Waals surface area contributed by atoms with Gasteiger partial charge in [-0.15, -0.1) is 0 Å². The molecule has 1 N–H and O–H groups in total. The van der Waals surface area contributed by atoms with Crippen molar-refractivity contribution >= 4 is 17.3 Å². The van der Waals surface area contributed by atoms with E-state index < -0.39 is 0 Å². The summed E-state index contributed by atoms with van der Waals surface area (Å²) in [5.74, 6) is -0.0759. The van der Waals surface area contributed by atoms with E-state index in [-0.39, 0.29) is 11.9 Å². The Labute approximate surface area is 167 Å². The minimum absolute atomic E-state index is 0.0759. The summed E-state index contributed by atoms with van der Waals surface area (Å²) >= 11 is 0. The van der Waals surface area contributed by atoms with E-state index in [0.717, 1.165) is 13.1 Å². The van der Waals surface area contributed by atoms with Crippen LogP contribution in [0.5, 0.6) is 0 Å². The van der Waals surface area contributed by atoms with Crippen LogP contribution in [0.15, 0.2) is 48.5 Å². The first-order chi connectivity index (χ1) is 13.6. The van der Waals surface area contributed by atoms with Crippen molar-refractivity contribution in [1.29, 1.82) is 5.26 Å². The van der Waals surface area contributed by atoms with E-state index in [4.69, 9.17) is 5.26 Å². The number of carbonyl (C=O) groups excluding carboxylic acids is 1. The number of anilines is 2. The maximum Gasteiger partial charge on any atom is 0.241 e. The molecular weight excluding hydrogens is 348 g/mol. The molecule has 1 saturated heterocycles. The first kappa shape index (κ1) is 19.9. The van der Waals surface area contributed by atoms with Gasteiger partial charge in [0, 0.05) is 31.0 Å². The first-order valence-electron chi connectivity index (χ1n) is 9.92. The lowest BCUT2D eigenvalue weighted by Crippen LogP contribution is -2.39. The number of piperidine rings is 1. The third-order valence-corrected chi connectivity index (χ3v) is 5.41. The second kappa shape index (κ2) is 9.38. The number of rotatable bonds is 6. The van der Waals surface area contributed by atoms with Gasteiger partial charge < -0.3 is 10.2 Å². The van der Waals surface area contributed by atoms with E-state index in [0.29, 0.717) is 17.8 Å². The van der Waals surface area contributed by atoms with Crippen molar-refractivity contribution in [2.45, 2.75) is 38.8 Å². The molecule has 0 bridgehead atoms. The first-order valence-corrected chi connectivity index (χ1v) is 9.92. The van der Waals surface area contributed by atoms with Crippen molar-refractivity contribution in [3.05, 3.63) is 59.7 Å². The minimum Gasteiger partial charge on any atom is -0.371 e. The molecule has 0 spiro atoms. The molecule has 28 heavy (non-hydrogen) atoms. The quantitative estimate of drug-likeness (QED) is 0.828. The SMILES string of the molecule is C[C@@H](C(=O)Nc1cccc(C#N)c1)N(C)Cc1ccccc1N1CCCCC1. The molecule has 1 amide bonds. The summed E-state index contributed by atoms with van der Waals surface area (Å²) in [6.45, 7) is 4.82. The summed E-state index contributed by atoms with van der Waals surface area (Å²) in [7, 11) is 1.98. The van der Waals surface area contributed by atoms with Gasteiger partial charge in [0.15, 0.2) is 0 Å². The molecule has 1 atom stereocenters. The normalized spacial score (nSPS) is 15.1. The molecule has 0 unspecified atom stereocenters. The number of hydrogen-bond donors (Lipinski definition) is 1. The molecule has 2 aromatic rings. The molecule has 1 fully saturated rings. The minimum atomic E-state index is -0.292. The van der Waals surface area contributed by atoms with E-state index in [9.17, 15) is 4.79 Å². The van der Waals surface area contributed by atoms with Crippen LogP contribution in [0.2, 0.25) is 0 Å². The zero-order valence-electron chi connectivity index (χ0n) is 16.7. The Morgan fingerprint density at radius 2 is 1.93 bits per heavy atom. The summed E-state index contributed by atoms with van der Waals surface area (Å²) in [6, 6.07) is 17.3. The number of amides is 1. The van der Waals surface area contributed by atoms with E-state index in [2.05, 4.69) is 45.5 Å². The van der Waals surface area contributed by atoms with Gasteiger partial charge in [-0.1, -0.05) is 24.3 Å². The van der Waals surface area contributed by atoms with Crippen LogP contribution in [0.1, 0.15) is 37.3 Å². The van der Waals surface area contributed by atoms with E-state index in [1.165, 1.54) is 30.5 Å². The number of nitriles is 1. The number of likely N-dealkylation sites (N-methyl/N-ethyl adjacent to an activating group) is 1. The third kappa shape index (κ3) is 4.90. The van der Waals surface area contributed by atoms with Crippen molar-refractivity contribution in [2.75, 3.05) is 30.4 Å². The molecule has 3 rings (SSSR count). The number of carbonyl (C=O) groups is 1. The Hall–Kier alpha value is -2.84. The molecule has 5 heteroatoms. The third-order valence-electron chi connectivity index (χ3n) is 5.41. The van der Waals surface area contributed by atoms with Gasteiger partial charge in [-0.2, -0.15) is 5.26 Å². The van der Waals surface area contributed by atoms with Crippen LogP contribution < -0.4 is 10.2 Å². The number of hydrogen-bond acceptors (Lipinski definition) is 4. The van der Waals surface area contributed by atoms with Gasteiger partial charge in [-0.05, 0) is 63.1 Å². The predicted molar refractivity (Wildman–Crippen MR) is 113 cm³/mol. The topological polar surface area (TPSA) is 59.4 Å². The Kier molecular flexibility index (Phi) is 6.67. The Morgan fingerprint density at radius 1 is 1.18 bits per heavy atom. The molecule has 0 aliphatic carbocycles. The van der Waals surface area contributed by atoms with Crippen molar-refractivity contribution in [1.82, 2.24) is 4.90 Å². The highest BCUT2D eigenvalue weighted by Gasteiger charge is 2.21. The lowest BCUT2D eigenvalue weighted by Gasteiger charge is -2.32. The zero-order chi connectivity index (χ0) is 19.9. The molecule has 146 valence electrons. The van der Waals surface area contributed by atoms with Gasteiger partial charge in [0.05, 0.1) is 17.7 Å². The fourth-order valence-corrected chi connectivity index (χ4v) is 3.61. The van der Waals surface area contributed by atoms with Crippen molar-refractivity contribution < 1.29 is 4.79 Å². The molecule has 5 nitrogen and oxygen atoms in total. The summed E-state index contributed by atoms with van der Waals surface area (Å²) in [5.41, 5.74) is 3.72. The molecule has 0 radical (unpaired) electrons. The molecular formula is C23H28N4O. The highest BCUT2D eigenvalue weighted by molar-refractivity contribution is 5.94. The van der Waals surface area contributed by atoms with Crippen LogP contribution in [0.3, 0.4) is 0 Å². The lowest BCUT2D eigenvalue weighted by molar-refractivity contribution is -0.120. The summed E-state index contributed by atoms with van der Waals surface area (Å²) in [6.07, 6.45) is 3.79. The van der Waals surface area contributed by atoms with Crippen LogP contribution in [-0.4, -0.2) is 37.0 Å². The molecule has 1 aliphatic heterocycles. The molecule has 2 aromatic carbocycles. The Bertz CT molecular complexity index is 852. The lowest BCUT2D eigenvalue weighted by atomic mass is 10.1. The monoisotopic (exact) mass is 376 g/mol. The second-order valence-corrected chi connectivity index (χ2v) is 7.45. The highest BCUT2D eigenvalue weighted by Crippen LogP contribution is 2.25. The predicted octanol–water partition coefficient (Wildman–Crippen LogP) is 4.01. The number of benzene rings is 2. The van der Waals surface area contributed by atoms with E-state index >= 15 is 0 Å². The maximum absolute atomic E-state index is 12.7. The summed E-state index contributed by atoms with van der Waals surface area (Å²) in [5, 5.41) is 11.9.